The first-order valence-electron chi connectivity index (χ1n) is 8.87. The van der Waals surface area contributed by atoms with Crippen molar-refractivity contribution in [2.45, 2.75) is 18.4 Å². The Morgan fingerprint density at radius 2 is 1.57 bits per heavy atom. The van der Waals surface area contributed by atoms with E-state index in [2.05, 4.69) is 18.5 Å². The Morgan fingerprint density at radius 3 is 2.25 bits per heavy atom. The summed E-state index contributed by atoms with van der Waals surface area (Å²) in [5, 5.41) is 0. The Hall–Kier alpha value is -3.29. The van der Waals surface area contributed by atoms with E-state index in [0.717, 1.165) is 22.3 Å². The van der Waals surface area contributed by atoms with E-state index in [4.69, 9.17) is 0 Å². The number of hydrogen-bond acceptors (Lipinski definition) is 2. The topological polar surface area (TPSA) is 37.4 Å². The summed E-state index contributed by atoms with van der Waals surface area (Å²) in [4.78, 5) is 0.219. The highest BCUT2D eigenvalue weighted by molar-refractivity contribution is 7.89. The number of sulfonamides is 1. The normalized spacial score (nSPS) is 10.6. The third kappa shape index (κ3) is 4.51. The molecule has 3 aromatic carbocycles. The van der Waals surface area contributed by atoms with E-state index >= 15 is 0 Å². The minimum atomic E-state index is -3.79. The lowest BCUT2D eigenvalue weighted by Gasteiger charge is -2.19. The van der Waals surface area contributed by atoms with Gasteiger partial charge in [-0.2, -0.15) is 0 Å². The van der Waals surface area contributed by atoms with Crippen molar-refractivity contribution in [2.24, 2.45) is 0 Å². The fraction of sp³-hybridized carbons (Fsp3) is 0.0833. The van der Waals surface area contributed by atoms with Crippen molar-refractivity contribution in [3.8, 4) is 12.0 Å². The molecule has 0 heterocycles. The van der Waals surface area contributed by atoms with Gasteiger partial charge >= 0.3 is 0 Å². The van der Waals surface area contributed by atoms with Crippen molar-refractivity contribution in [3.63, 3.8) is 0 Å². The van der Waals surface area contributed by atoms with Gasteiger partial charge in [-0.05, 0) is 48.2 Å². The molecule has 140 valence electrons. The monoisotopic (exact) mass is 387 g/mol. The maximum Gasteiger partial charge on any atom is 0.271 e. The van der Waals surface area contributed by atoms with E-state index in [0.29, 0.717) is 0 Å². The summed E-state index contributed by atoms with van der Waals surface area (Å²) < 4.78 is 27.7. The summed E-state index contributed by atoms with van der Waals surface area (Å²) >= 11 is 0. The van der Waals surface area contributed by atoms with Crippen LogP contribution in [0.1, 0.15) is 22.3 Å². The quantitative estimate of drug-likeness (QED) is 0.464. The van der Waals surface area contributed by atoms with Gasteiger partial charge in [-0.25, -0.2) is 12.7 Å². The molecule has 0 atom stereocenters. The van der Waals surface area contributed by atoms with Gasteiger partial charge in [-0.3, -0.25) is 0 Å². The smallest absolute Gasteiger partial charge is 0.220 e. The zero-order valence-electron chi connectivity index (χ0n) is 15.7. The number of hydrogen-bond donors (Lipinski definition) is 0. The second kappa shape index (κ2) is 8.60. The van der Waals surface area contributed by atoms with Crippen LogP contribution in [0.15, 0.2) is 90.3 Å². The predicted octanol–water partition coefficient (Wildman–Crippen LogP) is 4.84. The van der Waals surface area contributed by atoms with Crippen LogP contribution < -0.4 is 0 Å². The first kappa shape index (κ1) is 19.5. The highest BCUT2D eigenvalue weighted by Gasteiger charge is 2.23. The summed E-state index contributed by atoms with van der Waals surface area (Å²) in [7, 11) is -3.79. The lowest BCUT2D eigenvalue weighted by Crippen LogP contribution is -2.26. The van der Waals surface area contributed by atoms with Gasteiger partial charge in [0.2, 0.25) is 0 Å². The molecule has 0 amide bonds. The van der Waals surface area contributed by atoms with Gasteiger partial charge in [-0.1, -0.05) is 72.8 Å². The summed E-state index contributed by atoms with van der Waals surface area (Å²) in [5.41, 5.74) is 3.48. The molecule has 4 heteroatoms. The largest absolute Gasteiger partial charge is 0.271 e. The predicted molar refractivity (Wildman–Crippen MR) is 114 cm³/mol. The molecule has 0 aromatic heterocycles. The van der Waals surface area contributed by atoms with Crippen molar-refractivity contribution >= 4 is 16.1 Å². The Labute approximate surface area is 167 Å². The molecule has 0 N–H and O–H groups in total. The number of nitrogens with zero attached hydrogens (tertiary/aromatic N) is 1. The van der Waals surface area contributed by atoms with Gasteiger partial charge in [0, 0.05) is 11.6 Å². The molecule has 3 rings (SSSR count). The summed E-state index contributed by atoms with van der Waals surface area (Å²) in [5.74, 6) is 2.96. The van der Waals surface area contributed by atoms with Crippen molar-refractivity contribution in [1.29, 1.82) is 0 Å². The number of rotatable bonds is 5. The van der Waals surface area contributed by atoms with Crippen LogP contribution in [-0.4, -0.2) is 12.7 Å². The van der Waals surface area contributed by atoms with Gasteiger partial charge in [0.1, 0.15) is 0 Å². The van der Waals surface area contributed by atoms with Gasteiger partial charge in [0.05, 0.1) is 11.4 Å². The second-order valence-electron chi connectivity index (χ2n) is 6.33. The molecule has 0 aliphatic carbocycles. The molecule has 0 fully saturated rings. The number of benzene rings is 3. The zero-order chi connectivity index (χ0) is 20.0. The van der Waals surface area contributed by atoms with Crippen molar-refractivity contribution in [1.82, 2.24) is 4.31 Å². The highest BCUT2D eigenvalue weighted by atomic mass is 32.2. The van der Waals surface area contributed by atoms with Crippen molar-refractivity contribution in [3.05, 3.63) is 108 Å². The van der Waals surface area contributed by atoms with Crippen LogP contribution in [0.5, 0.6) is 0 Å². The van der Waals surface area contributed by atoms with Gasteiger partial charge in [-0.15, -0.1) is 0 Å². The minimum absolute atomic E-state index is 0.137. The lowest BCUT2D eigenvalue weighted by atomic mass is 10.1. The summed E-state index contributed by atoms with van der Waals surface area (Å²) in [6, 6.07) is 26.5. The third-order valence-corrected chi connectivity index (χ3v) is 5.97. The van der Waals surface area contributed by atoms with Gasteiger partial charge in [0.25, 0.3) is 10.0 Å². The SMILES string of the molecule is C=Cc1ccccc1CN(C#Cc1ccccc1)S(=O)(=O)c1ccc(C)cc1. The molecular formula is C24H21NO2S. The van der Waals surface area contributed by atoms with Crippen LogP contribution in [0, 0.1) is 18.9 Å². The Kier molecular flexibility index (Phi) is 5.98. The molecule has 3 aromatic rings. The molecule has 28 heavy (non-hydrogen) atoms. The standard InChI is InChI=1S/C24H21NO2S/c1-3-22-11-7-8-12-23(22)19-25(18-17-21-9-5-4-6-10-21)28(26,27)24-15-13-20(2)14-16-24/h3-16H,1,19H2,2H3. The fourth-order valence-electron chi connectivity index (χ4n) is 2.70. The van der Waals surface area contributed by atoms with Crippen molar-refractivity contribution < 1.29 is 8.42 Å². The third-order valence-electron chi connectivity index (χ3n) is 4.30. The van der Waals surface area contributed by atoms with E-state index in [1.165, 1.54) is 4.31 Å². The first-order valence-corrected chi connectivity index (χ1v) is 10.3. The van der Waals surface area contributed by atoms with Crippen LogP contribution in [0.3, 0.4) is 0 Å². The molecular weight excluding hydrogens is 366 g/mol. The van der Waals surface area contributed by atoms with Gasteiger partial charge in [0.15, 0.2) is 0 Å². The Bertz CT molecular complexity index is 1120. The Morgan fingerprint density at radius 1 is 0.929 bits per heavy atom. The molecule has 0 aliphatic rings. The van der Waals surface area contributed by atoms with Crippen LogP contribution in [0.2, 0.25) is 0 Å². The molecule has 0 radical (unpaired) electrons. The zero-order valence-corrected chi connectivity index (χ0v) is 16.5. The lowest BCUT2D eigenvalue weighted by molar-refractivity contribution is 0.508. The average Bonchev–Trinajstić information content (AvgIpc) is 2.72. The molecule has 0 aliphatic heterocycles. The van der Waals surface area contributed by atoms with Crippen LogP contribution in [-0.2, 0) is 16.6 Å². The highest BCUT2D eigenvalue weighted by Crippen LogP contribution is 2.20. The number of aryl methyl sites for hydroxylation is 1. The molecule has 3 nitrogen and oxygen atoms in total. The van der Waals surface area contributed by atoms with Gasteiger partial charge < -0.3 is 0 Å². The van der Waals surface area contributed by atoms with E-state index in [-0.39, 0.29) is 11.4 Å². The average molecular weight is 388 g/mol. The second-order valence-corrected chi connectivity index (χ2v) is 8.19. The van der Waals surface area contributed by atoms with Crippen LogP contribution in [0.4, 0.5) is 0 Å². The van der Waals surface area contributed by atoms with E-state index in [1.807, 2.05) is 61.5 Å². The first-order chi connectivity index (χ1) is 13.5. The van der Waals surface area contributed by atoms with E-state index in [9.17, 15) is 8.42 Å². The molecule has 0 bridgehead atoms. The molecule has 0 unspecified atom stereocenters. The Balaban J connectivity index is 2.05. The van der Waals surface area contributed by atoms with E-state index < -0.39 is 10.0 Å². The molecule has 0 saturated heterocycles. The maximum atomic E-state index is 13.3. The van der Waals surface area contributed by atoms with Crippen LogP contribution in [0.25, 0.3) is 6.08 Å². The fourth-order valence-corrected chi connectivity index (χ4v) is 3.91. The molecule has 0 spiro atoms. The van der Waals surface area contributed by atoms with Crippen molar-refractivity contribution in [2.75, 3.05) is 0 Å². The van der Waals surface area contributed by atoms with E-state index in [1.54, 1.807) is 30.3 Å². The maximum absolute atomic E-state index is 13.3. The van der Waals surface area contributed by atoms with Crippen LogP contribution >= 0.6 is 0 Å². The summed E-state index contributed by atoms with van der Waals surface area (Å²) in [6.07, 6.45) is 1.72. The summed E-state index contributed by atoms with van der Waals surface area (Å²) in [6.45, 7) is 5.88. The minimum Gasteiger partial charge on any atom is -0.220 e. The molecule has 0 saturated carbocycles.